The Balaban J connectivity index is 2.44. The Morgan fingerprint density at radius 2 is 2.20 bits per heavy atom. The van der Waals surface area contributed by atoms with Crippen LogP contribution >= 0.6 is 0 Å². The van der Waals surface area contributed by atoms with Crippen LogP contribution in [0, 0.1) is 5.92 Å². The van der Waals surface area contributed by atoms with Gasteiger partial charge in [0.25, 0.3) is 0 Å². The minimum absolute atomic E-state index is 0.0503. The molecule has 0 atom stereocenters. The van der Waals surface area contributed by atoms with Crippen LogP contribution in [0.4, 0.5) is 5.69 Å². The Morgan fingerprint density at radius 3 is 2.80 bits per heavy atom. The van der Waals surface area contributed by atoms with E-state index in [-0.39, 0.29) is 5.91 Å². The Kier molecular flexibility index (Phi) is 4.16. The molecule has 3 N–H and O–H groups in total. The van der Waals surface area contributed by atoms with Crippen molar-refractivity contribution in [2.75, 3.05) is 12.3 Å². The van der Waals surface area contributed by atoms with Gasteiger partial charge in [-0.05, 0) is 23.6 Å². The van der Waals surface area contributed by atoms with Crippen molar-refractivity contribution in [3.63, 3.8) is 0 Å². The zero-order chi connectivity index (χ0) is 11.3. The van der Waals surface area contributed by atoms with E-state index in [1.165, 1.54) is 0 Å². The summed E-state index contributed by atoms with van der Waals surface area (Å²) in [6.45, 7) is 4.86. The molecule has 0 heterocycles. The Hall–Kier alpha value is -1.51. The van der Waals surface area contributed by atoms with Gasteiger partial charge in [0, 0.05) is 12.2 Å². The standard InChI is InChI=1S/C12H18N2O/c1-9(2)8-14-12(15)7-10-4-3-5-11(13)6-10/h3-6,9H,7-8,13H2,1-2H3,(H,14,15). The summed E-state index contributed by atoms with van der Waals surface area (Å²) in [5.74, 6) is 0.532. The molecule has 0 spiro atoms. The summed E-state index contributed by atoms with van der Waals surface area (Å²) in [6.07, 6.45) is 0.401. The van der Waals surface area contributed by atoms with Crippen LogP contribution in [0.2, 0.25) is 0 Å². The lowest BCUT2D eigenvalue weighted by Crippen LogP contribution is -2.28. The zero-order valence-electron chi connectivity index (χ0n) is 9.29. The fraction of sp³-hybridized carbons (Fsp3) is 0.417. The third-order valence-electron chi connectivity index (χ3n) is 2.02. The number of benzene rings is 1. The quantitative estimate of drug-likeness (QED) is 0.735. The topological polar surface area (TPSA) is 55.1 Å². The number of nitrogens with two attached hydrogens (primary N) is 1. The maximum absolute atomic E-state index is 11.5. The SMILES string of the molecule is CC(C)CNC(=O)Cc1cccc(N)c1. The molecular weight excluding hydrogens is 188 g/mol. The van der Waals surface area contributed by atoms with Crippen LogP contribution < -0.4 is 11.1 Å². The number of carbonyl (C=O) groups is 1. The molecule has 1 rings (SSSR count). The molecule has 1 aromatic rings. The summed E-state index contributed by atoms with van der Waals surface area (Å²) >= 11 is 0. The van der Waals surface area contributed by atoms with E-state index >= 15 is 0 Å². The molecule has 1 aromatic carbocycles. The number of nitrogens with one attached hydrogen (secondary N) is 1. The van der Waals surface area contributed by atoms with Crippen molar-refractivity contribution in [2.24, 2.45) is 5.92 Å². The highest BCUT2D eigenvalue weighted by atomic mass is 16.1. The van der Waals surface area contributed by atoms with Crippen molar-refractivity contribution in [1.82, 2.24) is 5.32 Å². The van der Waals surface area contributed by atoms with Crippen molar-refractivity contribution in [1.29, 1.82) is 0 Å². The Labute approximate surface area is 90.7 Å². The van der Waals surface area contributed by atoms with Crippen molar-refractivity contribution < 1.29 is 4.79 Å². The molecule has 0 aliphatic rings. The van der Waals surface area contributed by atoms with Gasteiger partial charge in [-0.1, -0.05) is 26.0 Å². The average Bonchev–Trinajstić information content (AvgIpc) is 2.15. The monoisotopic (exact) mass is 206 g/mol. The first kappa shape index (κ1) is 11.6. The summed E-state index contributed by atoms with van der Waals surface area (Å²) in [5, 5.41) is 2.87. The van der Waals surface area contributed by atoms with Gasteiger partial charge in [0.2, 0.25) is 5.91 Å². The van der Waals surface area contributed by atoms with Crippen LogP contribution in [-0.4, -0.2) is 12.5 Å². The first-order valence-electron chi connectivity index (χ1n) is 5.19. The number of amides is 1. The highest BCUT2D eigenvalue weighted by molar-refractivity contribution is 5.78. The maximum atomic E-state index is 11.5. The summed E-state index contributed by atoms with van der Waals surface area (Å²) in [4.78, 5) is 11.5. The molecule has 0 aliphatic carbocycles. The predicted molar refractivity (Wildman–Crippen MR) is 62.4 cm³/mol. The second kappa shape index (κ2) is 5.39. The first-order valence-corrected chi connectivity index (χ1v) is 5.19. The maximum Gasteiger partial charge on any atom is 0.224 e. The number of anilines is 1. The third kappa shape index (κ3) is 4.49. The summed E-state index contributed by atoms with van der Waals surface area (Å²) in [5.41, 5.74) is 7.28. The molecule has 0 radical (unpaired) electrons. The van der Waals surface area contributed by atoms with Crippen molar-refractivity contribution >= 4 is 11.6 Å². The van der Waals surface area contributed by atoms with Crippen LogP contribution in [0.25, 0.3) is 0 Å². The lowest BCUT2D eigenvalue weighted by atomic mass is 10.1. The van der Waals surface area contributed by atoms with Gasteiger partial charge >= 0.3 is 0 Å². The van der Waals surface area contributed by atoms with E-state index < -0.39 is 0 Å². The van der Waals surface area contributed by atoms with Crippen LogP contribution in [0.3, 0.4) is 0 Å². The lowest BCUT2D eigenvalue weighted by Gasteiger charge is -2.07. The van der Waals surface area contributed by atoms with E-state index in [0.29, 0.717) is 18.0 Å². The molecule has 0 unspecified atom stereocenters. The van der Waals surface area contributed by atoms with Crippen molar-refractivity contribution in [3.8, 4) is 0 Å². The molecular formula is C12H18N2O. The molecule has 0 aliphatic heterocycles. The minimum Gasteiger partial charge on any atom is -0.399 e. The molecule has 0 saturated heterocycles. The van der Waals surface area contributed by atoms with E-state index in [0.717, 1.165) is 12.1 Å². The molecule has 1 amide bonds. The Bertz CT molecular complexity index is 334. The van der Waals surface area contributed by atoms with E-state index in [9.17, 15) is 4.79 Å². The summed E-state index contributed by atoms with van der Waals surface area (Å²) < 4.78 is 0. The van der Waals surface area contributed by atoms with Gasteiger partial charge in [0.05, 0.1) is 6.42 Å². The number of hydrogen-bond acceptors (Lipinski definition) is 2. The largest absolute Gasteiger partial charge is 0.399 e. The van der Waals surface area contributed by atoms with E-state index in [1.54, 1.807) is 0 Å². The van der Waals surface area contributed by atoms with Gasteiger partial charge in [-0.3, -0.25) is 4.79 Å². The van der Waals surface area contributed by atoms with Gasteiger partial charge in [-0.2, -0.15) is 0 Å². The van der Waals surface area contributed by atoms with Gasteiger partial charge in [-0.25, -0.2) is 0 Å². The number of rotatable bonds is 4. The van der Waals surface area contributed by atoms with Gasteiger partial charge < -0.3 is 11.1 Å². The molecule has 15 heavy (non-hydrogen) atoms. The van der Waals surface area contributed by atoms with E-state index in [1.807, 2.05) is 24.3 Å². The fourth-order valence-electron chi connectivity index (χ4n) is 1.27. The molecule has 3 nitrogen and oxygen atoms in total. The number of hydrogen-bond donors (Lipinski definition) is 2. The smallest absolute Gasteiger partial charge is 0.224 e. The van der Waals surface area contributed by atoms with Crippen molar-refractivity contribution in [3.05, 3.63) is 29.8 Å². The van der Waals surface area contributed by atoms with Crippen molar-refractivity contribution in [2.45, 2.75) is 20.3 Å². The molecule has 0 bridgehead atoms. The van der Waals surface area contributed by atoms with Crippen LogP contribution in [0.5, 0.6) is 0 Å². The lowest BCUT2D eigenvalue weighted by molar-refractivity contribution is -0.120. The fourth-order valence-corrected chi connectivity index (χ4v) is 1.27. The van der Waals surface area contributed by atoms with Gasteiger partial charge in [-0.15, -0.1) is 0 Å². The molecule has 82 valence electrons. The summed E-state index contributed by atoms with van der Waals surface area (Å²) in [7, 11) is 0. The summed E-state index contributed by atoms with van der Waals surface area (Å²) in [6, 6.07) is 7.41. The van der Waals surface area contributed by atoms with Gasteiger partial charge in [0.1, 0.15) is 0 Å². The first-order chi connectivity index (χ1) is 7.08. The normalized spacial score (nSPS) is 10.3. The minimum atomic E-state index is 0.0503. The molecule has 0 aromatic heterocycles. The van der Waals surface area contributed by atoms with Crippen LogP contribution in [0.1, 0.15) is 19.4 Å². The second-order valence-electron chi connectivity index (χ2n) is 4.12. The van der Waals surface area contributed by atoms with Crippen LogP contribution in [0.15, 0.2) is 24.3 Å². The molecule has 0 saturated carbocycles. The molecule has 3 heteroatoms. The Morgan fingerprint density at radius 1 is 1.47 bits per heavy atom. The number of nitrogen functional groups attached to an aromatic ring is 1. The average molecular weight is 206 g/mol. The third-order valence-corrected chi connectivity index (χ3v) is 2.02. The molecule has 0 fully saturated rings. The number of carbonyl (C=O) groups excluding carboxylic acids is 1. The van der Waals surface area contributed by atoms with E-state index in [2.05, 4.69) is 19.2 Å². The zero-order valence-corrected chi connectivity index (χ0v) is 9.29. The van der Waals surface area contributed by atoms with Crippen LogP contribution in [-0.2, 0) is 11.2 Å². The predicted octanol–water partition coefficient (Wildman–Crippen LogP) is 1.58. The van der Waals surface area contributed by atoms with E-state index in [4.69, 9.17) is 5.73 Å². The second-order valence-corrected chi connectivity index (χ2v) is 4.12. The highest BCUT2D eigenvalue weighted by Crippen LogP contribution is 2.06. The van der Waals surface area contributed by atoms with Gasteiger partial charge in [0.15, 0.2) is 0 Å². The highest BCUT2D eigenvalue weighted by Gasteiger charge is 2.03.